The van der Waals surface area contributed by atoms with Crippen molar-refractivity contribution in [1.29, 1.82) is 0 Å². The number of hydrogen-bond donors (Lipinski definition) is 0. The monoisotopic (exact) mass is 346 g/mol. The van der Waals surface area contributed by atoms with E-state index in [0.29, 0.717) is 0 Å². The Morgan fingerprint density at radius 1 is 0.476 bits per heavy atom. The van der Waals surface area contributed by atoms with E-state index in [9.17, 15) is 0 Å². The van der Waals surface area contributed by atoms with Crippen LogP contribution in [-0.4, -0.2) is 21.7 Å². The molecule has 21 heavy (non-hydrogen) atoms. The van der Waals surface area contributed by atoms with Crippen LogP contribution < -0.4 is 17.0 Å². The molecule has 0 aliphatic rings. The zero-order valence-electron chi connectivity index (χ0n) is 11.7. The molecule has 0 atom stereocenters. The topological polar surface area (TPSA) is 0 Å². The molecular formula is C19H15BrMg. The predicted octanol–water partition coefficient (Wildman–Crippen LogP) is 1.15. The Bertz CT molecular complexity index is 569. The van der Waals surface area contributed by atoms with Crippen LogP contribution in [0.2, 0.25) is 0 Å². The maximum absolute atomic E-state index is 2.22. The summed E-state index contributed by atoms with van der Waals surface area (Å²) in [5.74, 6) is 0. The van der Waals surface area contributed by atoms with E-state index in [0.717, 1.165) is 0 Å². The van der Waals surface area contributed by atoms with E-state index in [1.807, 2.05) is 21.7 Å². The molecule has 0 amide bonds. The second-order valence-electron chi connectivity index (χ2n) is 5.00. The van der Waals surface area contributed by atoms with Crippen molar-refractivity contribution < 1.29 is 17.0 Å². The van der Waals surface area contributed by atoms with Crippen LogP contribution in [0, 0.1) is 0 Å². The van der Waals surface area contributed by atoms with Crippen molar-refractivity contribution in [2.45, 2.75) is 3.54 Å². The third-order valence-electron chi connectivity index (χ3n) is 3.80. The van der Waals surface area contributed by atoms with Crippen LogP contribution in [-0.2, 0) is 3.54 Å². The molecule has 3 aromatic rings. The number of benzene rings is 3. The molecule has 3 rings (SSSR count). The summed E-state index contributed by atoms with van der Waals surface area (Å²) in [5.41, 5.74) is 3.99. The Kier molecular flexibility index (Phi) is 5.62. The van der Waals surface area contributed by atoms with E-state index in [1.54, 1.807) is 0 Å². The van der Waals surface area contributed by atoms with E-state index in [1.165, 1.54) is 16.7 Å². The summed E-state index contributed by atoms with van der Waals surface area (Å²) in [6.45, 7) is 0. The van der Waals surface area contributed by atoms with Crippen LogP contribution in [0.3, 0.4) is 0 Å². The predicted molar refractivity (Wildman–Crippen MR) is 85.0 cm³/mol. The molecule has 3 aromatic carbocycles. The Morgan fingerprint density at radius 2 is 0.714 bits per heavy atom. The summed E-state index contributed by atoms with van der Waals surface area (Å²) in [6.07, 6.45) is 0. The second-order valence-corrected chi connectivity index (χ2v) is 6.06. The van der Waals surface area contributed by atoms with Crippen molar-refractivity contribution in [1.82, 2.24) is 0 Å². The van der Waals surface area contributed by atoms with Crippen molar-refractivity contribution in [3.63, 3.8) is 0 Å². The standard InChI is InChI=1S/C19H15.BrH.Mg/c1-4-10-16(11-5-1)19(17-12-6-2-7-13-17)18-14-8-3-9-15-18;;/h1-15H;1H;/q;;+1/p-1. The van der Waals surface area contributed by atoms with Crippen molar-refractivity contribution in [2.75, 3.05) is 0 Å². The molecular weight excluding hydrogens is 332 g/mol. The van der Waals surface area contributed by atoms with Gasteiger partial charge >= 0.3 is 133 Å². The van der Waals surface area contributed by atoms with Gasteiger partial charge in [-0.3, -0.25) is 0 Å². The molecule has 0 unspecified atom stereocenters. The first-order valence-corrected chi connectivity index (χ1v) is 7.54. The van der Waals surface area contributed by atoms with Gasteiger partial charge in [0.05, 0.1) is 0 Å². The average Bonchev–Trinajstić information content (AvgIpc) is 2.56. The fourth-order valence-electron chi connectivity index (χ4n) is 2.67. The molecule has 0 aromatic heterocycles. The molecule has 0 N–H and O–H groups in total. The Hall–Kier alpha value is -1.09. The van der Waals surface area contributed by atoms with Gasteiger partial charge in [-0.25, -0.2) is 0 Å². The van der Waals surface area contributed by atoms with Crippen LogP contribution >= 0.6 is 0 Å². The van der Waals surface area contributed by atoms with E-state index < -0.39 is 0 Å². The summed E-state index contributed by atoms with van der Waals surface area (Å²) >= 11 is 2.05. The van der Waals surface area contributed by atoms with Gasteiger partial charge in [-0.2, -0.15) is 0 Å². The molecule has 2 heteroatoms. The first-order chi connectivity index (χ1) is 9.82. The van der Waals surface area contributed by atoms with Gasteiger partial charge in [0, 0.05) is 0 Å². The van der Waals surface area contributed by atoms with Crippen molar-refractivity contribution in [3.8, 4) is 0 Å². The molecule has 100 valence electrons. The fourth-order valence-corrected chi connectivity index (χ4v) is 3.38. The molecule has 0 aliphatic carbocycles. The van der Waals surface area contributed by atoms with Gasteiger partial charge in [0.25, 0.3) is 0 Å². The molecule has 0 aliphatic heterocycles. The van der Waals surface area contributed by atoms with Crippen LogP contribution in [0.4, 0.5) is 0 Å². The summed E-state index contributed by atoms with van der Waals surface area (Å²) in [7, 11) is 0. The summed E-state index contributed by atoms with van der Waals surface area (Å²) in [5, 5.41) is 0. The van der Waals surface area contributed by atoms with Crippen LogP contribution in [0.15, 0.2) is 91.0 Å². The van der Waals surface area contributed by atoms with Gasteiger partial charge in [0.2, 0.25) is 0 Å². The zero-order valence-corrected chi connectivity index (χ0v) is 14.7. The summed E-state index contributed by atoms with van der Waals surface area (Å²) in [6, 6.07) is 32.2. The SMILES string of the molecule is [Br-].[Mg+][C](c1ccccc1)(c1ccccc1)c1ccccc1. The zero-order chi connectivity index (χ0) is 13.8. The number of halogens is 1. The molecule has 0 fully saturated rings. The minimum atomic E-state index is -0.0935. The molecule has 0 heterocycles. The normalized spacial score (nSPS) is 10.8. The third-order valence-corrected chi connectivity index (χ3v) is 5.02. The Labute approximate surface area is 149 Å². The van der Waals surface area contributed by atoms with Crippen LogP contribution in [0.25, 0.3) is 0 Å². The quantitative estimate of drug-likeness (QED) is 0.493. The van der Waals surface area contributed by atoms with Gasteiger partial charge in [-0.15, -0.1) is 0 Å². The van der Waals surface area contributed by atoms with Crippen LogP contribution in [0.1, 0.15) is 16.7 Å². The first kappa shape index (κ1) is 16.3. The van der Waals surface area contributed by atoms with E-state index in [4.69, 9.17) is 0 Å². The van der Waals surface area contributed by atoms with E-state index >= 15 is 0 Å². The second kappa shape index (κ2) is 7.25. The van der Waals surface area contributed by atoms with Crippen molar-refractivity contribution in [3.05, 3.63) is 108 Å². The maximum atomic E-state index is 2.22. The van der Waals surface area contributed by atoms with Crippen molar-refractivity contribution >= 4 is 21.7 Å². The van der Waals surface area contributed by atoms with Gasteiger partial charge in [0.15, 0.2) is 0 Å². The Morgan fingerprint density at radius 3 is 0.952 bits per heavy atom. The molecule has 0 saturated carbocycles. The summed E-state index contributed by atoms with van der Waals surface area (Å²) < 4.78 is -0.0935. The molecule has 0 spiro atoms. The van der Waals surface area contributed by atoms with Gasteiger partial charge in [-0.1, -0.05) is 0 Å². The Balaban J connectivity index is 0.00000161. The number of rotatable bonds is 3. The molecule has 0 saturated heterocycles. The fraction of sp³-hybridized carbons (Fsp3) is 0.0526. The molecule has 0 nitrogen and oxygen atoms in total. The first-order valence-electron chi connectivity index (χ1n) is 6.84. The number of hydrogen-bond acceptors (Lipinski definition) is 0. The minimum absolute atomic E-state index is 0. The van der Waals surface area contributed by atoms with Gasteiger partial charge in [-0.05, 0) is 0 Å². The molecule has 0 bridgehead atoms. The van der Waals surface area contributed by atoms with Gasteiger partial charge < -0.3 is 17.0 Å². The van der Waals surface area contributed by atoms with E-state index in [2.05, 4.69) is 91.0 Å². The van der Waals surface area contributed by atoms with E-state index in [-0.39, 0.29) is 20.5 Å². The summed E-state index contributed by atoms with van der Waals surface area (Å²) in [4.78, 5) is 0. The van der Waals surface area contributed by atoms with Gasteiger partial charge in [0.1, 0.15) is 0 Å². The average molecular weight is 348 g/mol. The van der Waals surface area contributed by atoms with Crippen molar-refractivity contribution in [2.24, 2.45) is 0 Å². The third kappa shape index (κ3) is 3.23. The molecule has 0 radical (unpaired) electrons. The van der Waals surface area contributed by atoms with Crippen LogP contribution in [0.5, 0.6) is 0 Å².